The fourth-order valence-electron chi connectivity index (χ4n) is 2.60. The highest BCUT2D eigenvalue weighted by Crippen LogP contribution is 2.22. The summed E-state index contributed by atoms with van der Waals surface area (Å²) in [6.45, 7) is 9.19. The maximum Gasteiger partial charge on any atom is 0.258 e. The molecular formula is C25H46N2O9. The molecule has 2 amide bonds. The minimum Gasteiger partial charge on any atom is -0.394 e. The number of hydrogen-bond acceptors (Lipinski definition) is 9. The number of rotatable bonds is 14. The topological polar surface area (TPSA) is 158 Å². The molecule has 2 rings (SSSR count). The van der Waals surface area contributed by atoms with E-state index in [9.17, 15) is 9.59 Å². The minimum atomic E-state index is -0.518. The monoisotopic (exact) mass is 518 g/mol. The van der Waals surface area contributed by atoms with Crippen molar-refractivity contribution in [3.05, 3.63) is 30.3 Å². The Morgan fingerprint density at radius 2 is 1.31 bits per heavy atom. The number of carbonyl (C=O) groups excluding carboxylic acids is 2. The van der Waals surface area contributed by atoms with E-state index in [2.05, 4.69) is 5.43 Å². The second-order valence-electron chi connectivity index (χ2n) is 7.08. The molecule has 36 heavy (non-hydrogen) atoms. The third-order valence-corrected chi connectivity index (χ3v) is 4.27. The fraction of sp³-hybridized carbons (Fsp3) is 0.680. The predicted molar refractivity (Wildman–Crippen MR) is 137 cm³/mol. The number of aliphatic hydroxyl groups is 4. The van der Waals surface area contributed by atoms with E-state index in [1.807, 2.05) is 39.0 Å². The molecular weight excluding hydrogens is 472 g/mol. The zero-order chi connectivity index (χ0) is 27.4. The third kappa shape index (κ3) is 19.1. The number of aliphatic hydroxyl groups excluding tert-OH is 4. The summed E-state index contributed by atoms with van der Waals surface area (Å²) in [4.78, 5) is 23.8. The van der Waals surface area contributed by atoms with Crippen molar-refractivity contribution in [2.75, 3.05) is 71.1 Å². The van der Waals surface area contributed by atoms with E-state index in [1.165, 1.54) is 5.01 Å². The van der Waals surface area contributed by atoms with Crippen LogP contribution in [-0.2, 0) is 23.8 Å². The molecule has 1 heterocycles. The highest BCUT2D eigenvalue weighted by Gasteiger charge is 2.39. The zero-order valence-electron chi connectivity index (χ0n) is 21.9. The molecule has 1 aliphatic heterocycles. The lowest BCUT2D eigenvalue weighted by atomic mass is 10.0. The van der Waals surface area contributed by atoms with Crippen LogP contribution in [0.1, 0.15) is 40.0 Å². The van der Waals surface area contributed by atoms with Crippen molar-refractivity contribution in [2.24, 2.45) is 5.92 Å². The summed E-state index contributed by atoms with van der Waals surface area (Å²) in [6, 6.07) is 9.17. The van der Waals surface area contributed by atoms with Crippen LogP contribution in [0.4, 0.5) is 5.69 Å². The Kier molecular flexibility index (Phi) is 27.5. The molecule has 1 fully saturated rings. The summed E-state index contributed by atoms with van der Waals surface area (Å²) in [5, 5.41) is 33.1. The molecule has 11 nitrogen and oxygen atoms in total. The van der Waals surface area contributed by atoms with Crippen molar-refractivity contribution in [1.82, 2.24) is 5.43 Å². The Morgan fingerprint density at radius 3 is 1.69 bits per heavy atom. The van der Waals surface area contributed by atoms with E-state index >= 15 is 0 Å². The largest absolute Gasteiger partial charge is 0.394 e. The van der Waals surface area contributed by atoms with Gasteiger partial charge in [-0.3, -0.25) is 15.0 Å². The van der Waals surface area contributed by atoms with E-state index in [0.717, 1.165) is 26.1 Å². The maximum atomic E-state index is 12.1. The maximum absolute atomic E-state index is 12.1. The van der Waals surface area contributed by atoms with E-state index in [-0.39, 0.29) is 38.2 Å². The molecule has 1 atom stereocenters. The number of nitrogens with one attached hydrogen (secondary N) is 1. The van der Waals surface area contributed by atoms with Crippen LogP contribution in [0.15, 0.2) is 30.3 Å². The van der Waals surface area contributed by atoms with Crippen molar-refractivity contribution >= 4 is 17.5 Å². The van der Waals surface area contributed by atoms with E-state index in [4.69, 9.17) is 34.6 Å². The van der Waals surface area contributed by atoms with Gasteiger partial charge in [0.1, 0.15) is 5.92 Å². The molecule has 0 saturated carbocycles. The Bertz CT molecular complexity index is 609. The summed E-state index contributed by atoms with van der Waals surface area (Å²) < 4.78 is 14.6. The van der Waals surface area contributed by atoms with E-state index in [1.54, 1.807) is 12.1 Å². The van der Waals surface area contributed by atoms with Crippen LogP contribution >= 0.6 is 0 Å². The van der Waals surface area contributed by atoms with Crippen molar-refractivity contribution < 1.29 is 44.2 Å². The predicted octanol–water partition coefficient (Wildman–Crippen LogP) is 0.889. The lowest BCUT2D eigenvalue weighted by molar-refractivity contribution is -0.127. The number of benzene rings is 1. The number of amides is 2. The smallest absolute Gasteiger partial charge is 0.258 e. The van der Waals surface area contributed by atoms with Gasteiger partial charge >= 0.3 is 0 Å². The first kappa shape index (κ1) is 36.0. The lowest BCUT2D eigenvalue weighted by Gasteiger charge is -2.14. The van der Waals surface area contributed by atoms with Crippen molar-refractivity contribution in [2.45, 2.75) is 40.0 Å². The third-order valence-electron chi connectivity index (χ3n) is 4.27. The van der Waals surface area contributed by atoms with Crippen LogP contribution in [0.2, 0.25) is 0 Å². The average molecular weight is 519 g/mol. The molecule has 0 spiro atoms. The SMILES string of the molecule is CCCCC1C(=O)NN(c2ccccc2)C1=O.CCOCC.OCCO.OCCOCCOCCO. The van der Waals surface area contributed by atoms with Gasteiger partial charge in [0.2, 0.25) is 0 Å². The van der Waals surface area contributed by atoms with Gasteiger partial charge in [-0.2, -0.15) is 0 Å². The highest BCUT2D eigenvalue weighted by molar-refractivity contribution is 6.14. The molecule has 1 saturated heterocycles. The van der Waals surface area contributed by atoms with Crippen LogP contribution in [0.5, 0.6) is 0 Å². The molecule has 0 aliphatic carbocycles. The minimum absolute atomic E-state index is 0.0417. The van der Waals surface area contributed by atoms with Gasteiger partial charge < -0.3 is 34.6 Å². The van der Waals surface area contributed by atoms with Crippen LogP contribution in [0, 0.1) is 5.92 Å². The summed E-state index contributed by atoms with van der Waals surface area (Å²) in [5.41, 5.74) is 3.34. The van der Waals surface area contributed by atoms with Crippen molar-refractivity contribution in [1.29, 1.82) is 0 Å². The van der Waals surface area contributed by atoms with Gasteiger partial charge in [-0.15, -0.1) is 0 Å². The Morgan fingerprint density at radius 1 is 0.778 bits per heavy atom. The number of anilines is 1. The van der Waals surface area contributed by atoms with Gasteiger partial charge in [0.25, 0.3) is 11.8 Å². The van der Waals surface area contributed by atoms with E-state index in [0.29, 0.717) is 38.5 Å². The van der Waals surface area contributed by atoms with Crippen LogP contribution in [-0.4, -0.2) is 98.3 Å². The molecule has 1 aliphatic rings. The number of nitrogens with zero attached hydrogens (tertiary/aromatic N) is 1. The van der Waals surface area contributed by atoms with E-state index < -0.39 is 5.92 Å². The number of hydrogen-bond donors (Lipinski definition) is 5. The number of para-hydroxylation sites is 1. The van der Waals surface area contributed by atoms with Gasteiger partial charge in [-0.1, -0.05) is 38.0 Å². The zero-order valence-corrected chi connectivity index (χ0v) is 21.9. The molecule has 11 heteroatoms. The fourth-order valence-corrected chi connectivity index (χ4v) is 2.60. The molecule has 5 N–H and O–H groups in total. The molecule has 210 valence electrons. The standard InChI is InChI=1S/C13H16N2O2.C6H14O4.C4H10O.C2H6O2/c1-2-3-9-11-12(16)14-15(13(11)17)10-7-5-4-6-8-10;7-1-3-9-5-6-10-4-2-8;1-3-5-4-2;3-1-2-4/h4-8,11H,2-3,9H2,1H3,(H,14,16);7-8H,1-6H2;3-4H2,1-2H3;3-4H,1-2H2. The summed E-state index contributed by atoms with van der Waals surface area (Å²) in [7, 11) is 0. The molecule has 1 unspecified atom stereocenters. The molecule has 1 aromatic rings. The summed E-state index contributed by atoms with van der Waals surface area (Å²) >= 11 is 0. The summed E-state index contributed by atoms with van der Waals surface area (Å²) in [5.74, 6) is -0.850. The molecule has 0 aromatic heterocycles. The van der Waals surface area contributed by atoms with Crippen LogP contribution in [0.3, 0.4) is 0 Å². The Labute approximate surface area is 214 Å². The number of ether oxygens (including phenoxy) is 3. The van der Waals surface area contributed by atoms with Crippen molar-refractivity contribution in [3.8, 4) is 0 Å². The number of unbranched alkanes of at least 4 members (excludes halogenated alkanes) is 1. The van der Waals surface area contributed by atoms with Gasteiger partial charge in [-0.05, 0) is 32.4 Å². The van der Waals surface area contributed by atoms with Gasteiger partial charge in [0.15, 0.2) is 0 Å². The first-order chi connectivity index (χ1) is 17.5. The van der Waals surface area contributed by atoms with Gasteiger partial charge in [0.05, 0.1) is 58.5 Å². The average Bonchev–Trinajstić information content (AvgIpc) is 3.19. The van der Waals surface area contributed by atoms with Crippen molar-refractivity contribution in [3.63, 3.8) is 0 Å². The first-order valence-electron chi connectivity index (χ1n) is 12.3. The summed E-state index contributed by atoms with van der Waals surface area (Å²) in [6.07, 6.45) is 2.51. The number of carbonyl (C=O) groups is 2. The van der Waals surface area contributed by atoms with Gasteiger partial charge in [-0.25, -0.2) is 5.01 Å². The Balaban J connectivity index is 0. The highest BCUT2D eigenvalue weighted by atomic mass is 16.5. The number of hydrazine groups is 1. The molecule has 0 bridgehead atoms. The first-order valence-corrected chi connectivity index (χ1v) is 12.3. The second kappa shape index (κ2) is 27.5. The van der Waals surface area contributed by atoms with Gasteiger partial charge in [0, 0.05) is 13.2 Å². The second-order valence-corrected chi connectivity index (χ2v) is 7.08. The normalized spacial score (nSPS) is 14.1. The lowest BCUT2D eigenvalue weighted by Crippen LogP contribution is -2.35. The molecule has 0 radical (unpaired) electrons. The molecule has 1 aromatic carbocycles. The van der Waals surface area contributed by atoms with Crippen LogP contribution in [0.25, 0.3) is 0 Å². The quantitative estimate of drug-likeness (QED) is 0.178. The van der Waals surface area contributed by atoms with Crippen LogP contribution < -0.4 is 10.4 Å². The Hall–Kier alpha value is -2.12.